The number of carbonyl (C=O) groups excluding carboxylic acids is 2. The van der Waals surface area contributed by atoms with Crippen LogP contribution in [0.5, 0.6) is 5.75 Å². The summed E-state index contributed by atoms with van der Waals surface area (Å²) in [5.74, 6) is -1.76. The number of aryl methyl sites for hydroxylation is 1. The minimum atomic E-state index is -1.33. The van der Waals surface area contributed by atoms with E-state index in [-0.39, 0.29) is 29.1 Å². The molecule has 0 aliphatic rings. The number of nitrogens with zero attached hydrogens (tertiary/aromatic N) is 2. The zero-order valence-corrected chi connectivity index (χ0v) is 23.4. The maximum Gasteiger partial charge on any atom is 0.253 e. The fraction of sp³-hybridized carbons (Fsp3) is 0.387. The van der Waals surface area contributed by atoms with Crippen LogP contribution in [0.2, 0.25) is 0 Å². The Morgan fingerprint density at radius 1 is 0.975 bits per heavy atom. The van der Waals surface area contributed by atoms with Gasteiger partial charge in [-0.1, -0.05) is 13.8 Å². The van der Waals surface area contributed by atoms with Gasteiger partial charge < -0.3 is 20.1 Å². The molecule has 0 spiro atoms. The van der Waals surface area contributed by atoms with Gasteiger partial charge in [-0.2, -0.15) is 0 Å². The average molecular weight is 554 g/mol. The van der Waals surface area contributed by atoms with Gasteiger partial charge in [0.1, 0.15) is 23.5 Å². The van der Waals surface area contributed by atoms with Crippen LogP contribution < -0.4 is 10.1 Å². The van der Waals surface area contributed by atoms with Crippen LogP contribution in [0.4, 0.5) is 8.78 Å². The Labute approximate surface area is 234 Å². The van der Waals surface area contributed by atoms with Crippen LogP contribution in [-0.4, -0.2) is 52.5 Å². The van der Waals surface area contributed by atoms with Crippen molar-refractivity contribution >= 4 is 11.8 Å². The van der Waals surface area contributed by atoms with Gasteiger partial charge in [0, 0.05) is 42.5 Å². The molecule has 2 amide bonds. The van der Waals surface area contributed by atoms with Crippen LogP contribution in [0, 0.1) is 18.6 Å². The molecule has 0 saturated heterocycles. The Balaban J connectivity index is 1.94. The molecule has 3 aromatic rings. The fourth-order valence-electron chi connectivity index (χ4n) is 4.60. The van der Waals surface area contributed by atoms with Crippen molar-refractivity contribution in [1.82, 2.24) is 15.2 Å². The number of amides is 2. The van der Waals surface area contributed by atoms with Gasteiger partial charge in [-0.25, -0.2) is 8.78 Å². The second kappa shape index (κ2) is 14.5. The van der Waals surface area contributed by atoms with Crippen LogP contribution in [0.15, 0.2) is 54.7 Å². The highest BCUT2D eigenvalue weighted by Crippen LogP contribution is 2.23. The van der Waals surface area contributed by atoms with Crippen molar-refractivity contribution < 1.29 is 28.2 Å². The number of ether oxygens (including phenoxy) is 1. The van der Waals surface area contributed by atoms with Crippen molar-refractivity contribution in [3.63, 3.8) is 0 Å². The number of rotatable bonds is 13. The van der Waals surface area contributed by atoms with Crippen molar-refractivity contribution in [2.24, 2.45) is 0 Å². The quantitative estimate of drug-likeness (QED) is 0.296. The number of benzene rings is 2. The normalized spacial score (nSPS) is 12.5. The van der Waals surface area contributed by atoms with Crippen molar-refractivity contribution in [3.8, 4) is 5.75 Å². The standard InChI is InChI=1S/C31H37F2N3O4/c1-5-10-36(11-6-2)31(39)23-13-20(4)12-22(17-23)30(38)35-28(16-21-14-24(32)18-25(33)15-21)29(37)27-19-26(40-7-3)8-9-34-27/h8-9,12-15,17-19,28-29,37H,5-7,10-11,16H2,1-4H3,(H,35,38)/t28-,29+/m0/s1. The van der Waals surface area contributed by atoms with E-state index in [0.29, 0.717) is 31.0 Å². The van der Waals surface area contributed by atoms with Crippen LogP contribution in [0.25, 0.3) is 0 Å². The highest BCUT2D eigenvalue weighted by atomic mass is 19.1. The highest BCUT2D eigenvalue weighted by Gasteiger charge is 2.27. The largest absolute Gasteiger partial charge is 0.494 e. The van der Waals surface area contributed by atoms with Crippen LogP contribution in [0.1, 0.15) is 77.3 Å². The van der Waals surface area contributed by atoms with Gasteiger partial charge in [-0.05, 0) is 80.6 Å². The number of pyridine rings is 1. The summed E-state index contributed by atoms with van der Waals surface area (Å²) in [7, 11) is 0. The van der Waals surface area contributed by atoms with Gasteiger partial charge in [0.2, 0.25) is 0 Å². The third-order valence-electron chi connectivity index (χ3n) is 6.30. The molecule has 7 nitrogen and oxygen atoms in total. The number of halogens is 2. The van der Waals surface area contributed by atoms with Crippen LogP contribution in [0.3, 0.4) is 0 Å². The lowest BCUT2D eigenvalue weighted by atomic mass is 9.97. The Morgan fingerprint density at radius 3 is 2.25 bits per heavy atom. The molecule has 0 aliphatic carbocycles. The molecule has 2 N–H and O–H groups in total. The molecule has 0 bridgehead atoms. The summed E-state index contributed by atoms with van der Waals surface area (Å²) in [4.78, 5) is 32.7. The lowest BCUT2D eigenvalue weighted by Gasteiger charge is -2.25. The van der Waals surface area contributed by atoms with Gasteiger partial charge in [0.15, 0.2) is 0 Å². The van der Waals surface area contributed by atoms with E-state index in [1.165, 1.54) is 12.3 Å². The van der Waals surface area contributed by atoms with E-state index in [1.807, 2.05) is 20.8 Å². The molecule has 0 saturated carbocycles. The van der Waals surface area contributed by atoms with Crippen molar-refractivity contribution in [2.45, 2.75) is 59.1 Å². The van der Waals surface area contributed by atoms with E-state index in [2.05, 4.69) is 10.3 Å². The van der Waals surface area contributed by atoms with Gasteiger partial charge >= 0.3 is 0 Å². The van der Waals surface area contributed by atoms with Gasteiger partial charge in [-0.15, -0.1) is 0 Å². The summed E-state index contributed by atoms with van der Waals surface area (Å²) in [5.41, 5.74) is 1.82. The van der Waals surface area contributed by atoms with Crippen molar-refractivity contribution in [1.29, 1.82) is 0 Å². The lowest BCUT2D eigenvalue weighted by Crippen LogP contribution is -2.41. The third kappa shape index (κ3) is 8.32. The summed E-state index contributed by atoms with van der Waals surface area (Å²) < 4.78 is 33.4. The Kier molecular flexibility index (Phi) is 11.1. The first kappa shape index (κ1) is 30.7. The first-order valence-electron chi connectivity index (χ1n) is 13.6. The monoisotopic (exact) mass is 553 g/mol. The number of aliphatic hydroxyl groups excluding tert-OH is 1. The molecule has 0 radical (unpaired) electrons. The van der Waals surface area contributed by atoms with Gasteiger partial charge in [0.25, 0.3) is 11.8 Å². The molecule has 1 aromatic heterocycles. The number of hydrogen-bond donors (Lipinski definition) is 2. The summed E-state index contributed by atoms with van der Waals surface area (Å²) in [6, 6.07) is 10.2. The van der Waals surface area contributed by atoms with E-state index in [0.717, 1.165) is 36.6 Å². The number of carbonyl (C=O) groups is 2. The molecule has 214 valence electrons. The van der Waals surface area contributed by atoms with Gasteiger partial charge in [0.05, 0.1) is 18.3 Å². The van der Waals surface area contributed by atoms with E-state index in [4.69, 9.17) is 4.74 Å². The number of nitrogens with one attached hydrogen (secondary N) is 1. The molecule has 9 heteroatoms. The van der Waals surface area contributed by atoms with Crippen molar-refractivity contribution in [2.75, 3.05) is 19.7 Å². The molecular weight excluding hydrogens is 516 g/mol. The summed E-state index contributed by atoms with van der Waals surface area (Å²) in [5, 5.41) is 14.1. The van der Waals surface area contributed by atoms with E-state index < -0.39 is 29.7 Å². The number of aromatic nitrogens is 1. The van der Waals surface area contributed by atoms with Crippen LogP contribution in [-0.2, 0) is 6.42 Å². The van der Waals surface area contributed by atoms with E-state index in [9.17, 15) is 23.5 Å². The first-order valence-corrected chi connectivity index (χ1v) is 13.6. The summed E-state index contributed by atoms with van der Waals surface area (Å²) in [6.45, 7) is 9.23. The lowest BCUT2D eigenvalue weighted by molar-refractivity contribution is 0.0755. The minimum Gasteiger partial charge on any atom is -0.494 e. The fourth-order valence-corrected chi connectivity index (χ4v) is 4.60. The smallest absolute Gasteiger partial charge is 0.253 e. The van der Waals surface area contributed by atoms with E-state index >= 15 is 0 Å². The SMILES string of the molecule is CCCN(CCC)C(=O)c1cc(C)cc(C(=O)N[C@@H](Cc2cc(F)cc(F)c2)[C@H](O)c2cc(OCC)ccn2)c1. The second-order valence-electron chi connectivity index (χ2n) is 9.74. The summed E-state index contributed by atoms with van der Waals surface area (Å²) >= 11 is 0. The van der Waals surface area contributed by atoms with Crippen LogP contribution >= 0.6 is 0 Å². The maximum atomic E-state index is 14.0. The molecule has 0 fully saturated rings. The topological polar surface area (TPSA) is 91.8 Å². The molecule has 2 atom stereocenters. The molecule has 40 heavy (non-hydrogen) atoms. The third-order valence-corrected chi connectivity index (χ3v) is 6.30. The molecule has 0 aliphatic heterocycles. The van der Waals surface area contributed by atoms with Crippen molar-refractivity contribution in [3.05, 3.63) is 94.3 Å². The Morgan fingerprint density at radius 2 is 1.62 bits per heavy atom. The average Bonchev–Trinajstić information content (AvgIpc) is 2.91. The van der Waals surface area contributed by atoms with Gasteiger partial charge in [-0.3, -0.25) is 14.6 Å². The maximum absolute atomic E-state index is 14.0. The Bertz CT molecular complexity index is 1290. The summed E-state index contributed by atoms with van der Waals surface area (Å²) in [6.07, 6.45) is 1.68. The zero-order valence-electron chi connectivity index (χ0n) is 23.4. The predicted octanol–water partition coefficient (Wildman–Crippen LogP) is 5.40. The number of aliphatic hydroxyl groups is 1. The number of hydrogen-bond acceptors (Lipinski definition) is 5. The first-order chi connectivity index (χ1) is 19.1. The molecular formula is C31H37F2N3O4. The second-order valence-corrected chi connectivity index (χ2v) is 9.74. The van der Waals surface area contributed by atoms with E-state index in [1.54, 1.807) is 36.1 Å². The predicted molar refractivity (Wildman–Crippen MR) is 149 cm³/mol. The molecule has 0 unspecified atom stereocenters. The molecule has 3 rings (SSSR count). The highest BCUT2D eigenvalue weighted by molar-refractivity contribution is 6.00. The minimum absolute atomic E-state index is 0.0828. The molecule has 2 aromatic carbocycles. The Hall–Kier alpha value is -3.85. The zero-order chi connectivity index (χ0) is 29.2. The molecule has 1 heterocycles.